The molecule has 0 atom stereocenters. The van der Waals surface area contributed by atoms with Gasteiger partial charge in [0.05, 0.1) is 12.8 Å². The van der Waals surface area contributed by atoms with Crippen LogP contribution in [0.3, 0.4) is 0 Å². The highest BCUT2D eigenvalue weighted by atomic mass is 16.5. The molecule has 1 aromatic carbocycles. The molecular formula is C17H25N3O3. The number of hydrogen-bond donors (Lipinski definition) is 2. The lowest BCUT2D eigenvalue weighted by molar-refractivity contribution is 0.0827. The molecule has 0 heterocycles. The average molecular weight is 319 g/mol. The molecule has 0 unspecified atom stereocenters. The van der Waals surface area contributed by atoms with Crippen LogP contribution in [-0.2, 0) is 0 Å². The molecule has 6 heteroatoms. The zero-order chi connectivity index (χ0) is 16.8. The van der Waals surface area contributed by atoms with Crippen molar-refractivity contribution in [3.05, 3.63) is 23.8 Å². The van der Waals surface area contributed by atoms with Crippen LogP contribution in [0.1, 0.15) is 42.5 Å². The Kier molecular flexibility index (Phi) is 5.84. The Morgan fingerprint density at radius 2 is 1.87 bits per heavy atom. The molecule has 0 aliphatic heterocycles. The molecule has 2 N–H and O–H groups in total. The van der Waals surface area contributed by atoms with Gasteiger partial charge in [-0.2, -0.15) is 0 Å². The van der Waals surface area contributed by atoms with Gasteiger partial charge < -0.3 is 20.3 Å². The highest BCUT2D eigenvalue weighted by Crippen LogP contribution is 2.26. The van der Waals surface area contributed by atoms with E-state index in [1.165, 1.54) is 18.4 Å². The van der Waals surface area contributed by atoms with Crippen molar-refractivity contribution in [2.45, 2.75) is 38.1 Å². The fourth-order valence-electron chi connectivity index (χ4n) is 2.79. The molecule has 6 nitrogen and oxygen atoms in total. The zero-order valence-electron chi connectivity index (χ0n) is 14.0. The molecule has 0 radical (unpaired) electrons. The van der Waals surface area contributed by atoms with E-state index in [1.807, 2.05) is 0 Å². The van der Waals surface area contributed by atoms with E-state index in [9.17, 15) is 9.59 Å². The van der Waals surface area contributed by atoms with Crippen LogP contribution in [0.5, 0.6) is 5.75 Å². The van der Waals surface area contributed by atoms with Gasteiger partial charge in [-0.25, -0.2) is 4.79 Å². The van der Waals surface area contributed by atoms with Crippen LogP contribution in [0.2, 0.25) is 0 Å². The number of anilines is 1. The maximum atomic E-state index is 12.2. The van der Waals surface area contributed by atoms with E-state index >= 15 is 0 Å². The van der Waals surface area contributed by atoms with Crippen LogP contribution in [0.25, 0.3) is 0 Å². The molecule has 0 aromatic heterocycles. The van der Waals surface area contributed by atoms with Crippen molar-refractivity contribution >= 4 is 17.6 Å². The van der Waals surface area contributed by atoms with Crippen LogP contribution in [0, 0.1) is 0 Å². The zero-order valence-corrected chi connectivity index (χ0v) is 14.0. The molecule has 0 bridgehead atoms. The second kappa shape index (κ2) is 7.85. The fraction of sp³-hybridized carbons (Fsp3) is 0.529. The van der Waals surface area contributed by atoms with Crippen molar-refractivity contribution in [3.8, 4) is 5.75 Å². The summed E-state index contributed by atoms with van der Waals surface area (Å²) >= 11 is 0. The number of rotatable bonds is 4. The van der Waals surface area contributed by atoms with E-state index in [4.69, 9.17) is 4.74 Å². The largest absolute Gasteiger partial charge is 0.495 e. The van der Waals surface area contributed by atoms with Gasteiger partial charge in [-0.3, -0.25) is 4.79 Å². The van der Waals surface area contributed by atoms with E-state index < -0.39 is 0 Å². The molecule has 0 spiro atoms. The predicted molar refractivity (Wildman–Crippen MR) is 90.0 cm³/mol. The normalized spacial score (nSPS) is 14.9. The number of amides is 3. The summed E-state index contributed by atoms with van der Waals surface area (Å²) in [5.41, 5.74) is 0.997. The summed E-state index contributed by atoms with van der Waals surface area (Å²) in [6.45, 7) is 0. The van der Waals surface area contributed by atoms with Crippen molar-refractivity contribution in [2.24, 2.45) is 0 Å². The molecule has 1 aromatic rings. The van der Waals surface area contributed by atoms with Gasteiger partial charge in [-0.1, -0.05) is 19.3 Å². The second-order valence-electron chi connectivity index (χ2n) is 6.05. The Morgan fingerprint density at radius 1 is 1.17 bits per heavy atom. The van der Waals surface area contributed by atoms with Crippen LogP contribution in [-0.4, -0.2) is 44.1 Å². The average Bonchev–Trinajstić information content (AvgIpc) is 2.54. The predicted octanol–water partition coefficient (Wildman–Crippen LogP) is 2.85. The third kappa shape index (κ3) is 4.61. The van der Waals surface area contributed by atoms with E-state index in [2.05, 4.69) is 10.6 Å². The number of carbonyl (C=O) groups is 2. The smallest absolute Gasteiger partial charge is 0.319 e. The van der Waals surface area contributed by atoms with E-state index in [0.29, 0.717) is 17.0 Å². The van der Waals surface area contributed by atoms with E-state index in [-0.39, 0.29) is 18.0 Å². The summed E-state index contributed by atoms with van der Waals surface area (Å²) in [5, 5.41) is 5.79. The Balaban J connectivity index is 2.08. The SMILES string of the molecule is COc1ccc(C(=O)N(C)C)cc1NC(=O)NC1CCCCC1. The van der Waals surface area contributed by atoms with Crippen molar-refractivity contribution in [1.82, 2.24) is 10.2 Å². The molecule has 3 amide bonds. The number of benzene rings is 1. The third-order valence-corrected chi connectivity index (χ3v) is 4.04. The lowest BCUT2D eigenvalue weighted by Crippen LogP contribution is -2.39. The summed E-state index contributed by atoms with van der Waals surface area (Å²) in [6, 6.07) is 4.98. The molecule has 23 heavy (non-hydrogen) atoms. The maximum absolute atomic E-state index is 12.2. The minimum Gasteiger partial charge on any atom is -0.495 e. The number of urea groups is 1. The van der Waals surface area contributed by atoms with Crippen molar-refractivity contribution in [2.75, 3.05) is 26.5 Å². The van der Waals surface area contributed by atoms with Gasteiger partial charge in [-0.15, -0.1) is 0 Å². The van der Waals surface area contributed by atoms with E-state index in [0.717, 1.165) is 25.7 Å². The number of carbonyl (C=O) groups excluding carboxylic acids is 2. The first kappa shape index (κ1) is 17.1. The molecule has 2 rings (SSSR count). The first-order valence-electron chi connectivity index (χ1n) is 7.98. The first-order chi connectivity index (χ1) is 11.0. The quantitative estimate of drug-likeness (QED) is 0.896. The summed E-state index contributed by atoms with van der Waals surface area (Å²) in [7, 11) is 4.91. The number of methoxy groups -OCH3 is 1. The minimum atomic E-state index is -0.260. The molecule has 1 saturated carbocycles. The van der Waals surface area contributed by atoms with Gasteiger partial charge >= 0.3 is 6.03 Å². The van der Waals surface area contributed by atoms with Crippen molar-refractivity contribution in [1.29, 1.82) is 0 Å². The summed E-state index contributed by atoms with van der Waals surface area (Å²) in [4.78, 5) is 25.7. The third-order valence-electron chi connectivity index (χ3n) is 4.04. The van der Waals surface area contributed by atoms with Gasteiger partial charge in [0.15, 0.2) is 0 Å². The monoisotopic (exact) mass is 319 g/mol. The molecule has 0 saturated heterocycles. The van der Waals surface area contributed by atoms with Gasteiger partial charge in [0.1, 0.15) is 5.75 Å². The van der Waals surface area contributed by atoms with Gasteiger partial charge in [0.25, 0.3) is 5.91 Å². The van der Waals surface area contributed by atoms with Gasteiger partial charge in [-0.05, 0) is 31.0 Å². The lowest BCUT2D eigenvalue weighted by Gasteiger charge is -2.23. The van der Waals surface area contributed by atoms with Crippen molar-refractivity contribution < 1.29 is 14.3 Å². The topological polar surface area (TPSA) is 70.7 Å². The highest BCUT2D eigenvalue weighted by molar-refractivity contribution is 5.97. The maximum Gasteiger partial charge on any atom is 0.319 e. The first-order valence-corrected chi connectivity index (χ1v) is 7.98. The van der Waals surface area contributed by atoms with Gasteiger partial charge in [0, 0.05) is 25.7 Å². The highest BCUT2D eigenvalue weighted by Gasteiger charge is 2.17. The lowest BCUT2D eigenvalue weighted by atomic mass is 9.96. The Labute approximate surface area is 137 Å². The minimum absolute atomic E-state index is 0.122. The molecule has 1 aliphatic carbocycles. The number of nitrogens with zero attached hydrogens (tertiary/aromatic N) is 1. The molecule has 126 valence electrons. The van der Waals surface area contributed by atoms with Gasteiger partial charge in [0.2, 0.25) is 0 Å². The summed E-state index contributed by atoms with van der Waals surface area (Å²) in [6.07, 6.45) is 5.58. The Hall–Kier alpha value is -2.24. The number of hydrogen-bond acceptors (Lipinski definition) is 3. The molecule has 1 aliphatic rings. The summed E-state index contributed by atoms with van der Waals surface area (Å²) < 4.78 is 5.26. The van der Waals surface area contributed by atoms with Crippen LogP contribution in [0.4, 0.5) is 10.5 Å². The molecule has 1 fully saturated rings. The van der Waals surface area contributed by atoms with Crippen LogP contribution >= 0.6 is 0 Å². The fourth-order valence-corrected chi connectivity index (χ4v) is 2.79. The Bertz CT molecular complexity index is 566. The summed E-state index contributed by atoms with van der Waals surface area (Å²) in [5.74, 6) is 0.405. The standard InChI is InChI=1S/C17H25N3O3/c1-20(2)16(21)12-9-10-15(23-3)14(11-12)19-17(22)18-13-7-5-4-6-8-13/h9-11,13H,4-8H2,1-3H3,(H2,18,19,22). The van der Waals surface area contributed by atoms with E-state index in [1.54, 1.807) is 32.3 Å². The van der Waals surface area contributed by atoms with Crippen molar-refractivity contribution in [3.63, 3.8) is 0 Å². The Morgan fingerprint density at radius 3 is 2.48 bits per heavy atom. The number of ether oxygens (including phenoxy) is 1. The molecular weight excluding hydrogens is 294 g/mol. The number of nitrogens with one attached hydrogen (secondary N) is 2. The van der Waals surface area contributed by atoms with Crippen LogP contribution < -0.4 is 15.4 Å². The second-order valence-corrected chi connectivity index (χ2v) is 6.05. The van der Waals surface area contributed by atoms with Crippen LogP contribution in [0.15, 0.2) is 18.2 Å².